The Bertz CT molecular complexity index is 541. The van der Waals surface area contributed by atoms with Gasteiger partial charge in [-0.15, -0.1) is 0 Å². The van der Waals surface area contributed by atoms with Crippen molar-refractivity contribution in [1.29, 1.82) is 0 Å². The van der Waals surface area contributed by atoms with Crippen LogP contribution < -0.4 is 4.72 Å². The highest BCUT2D eigenvalue weighted by molar-refractivity contribution is 7.94. The zero-order valence-corrected chi connectivity index (χ0v) is 10.1. The van der Waals surface area contributed by atoms with Crippen molar-refractivity contribution < 1.29 is 22.7 Å². The average Bonchev–Trinajstić information content (AvgIpc) is 2.21. The highest BCUT2D eigenvalue weighted by Crippen LogP contribution is 2.18. The van der Waals surface area contributed by atoms with Crippen molar-refractivity contribution in [3.05, 3.63) is 29.6 Å². The van der Waals surface area contributed by atoms with E-state index < -0.39 is 27.1 Å². The Balaban J connectivity index is 3.02. The van der Waals surface area contributed by atoms with Crippen LogP contribution in [0.5, 0.6) is 0 Å². The first-order chi connectivity index (χ1) is 7.74. The van der Waals surface area contributed by atoms with Gasteiger partial charge in [0.25, 0.3) is 0 Å². The minimum atomic E-state index is -4.02. The van der Waals surface area contributed by atoms with Crippen LogP contribution in [0.25, 0.3) is 0 Å². The molecule has 0 saturated carbocycles. The highest BCUT2D eigenvalue weighted by atomic mass is 32.2. The number of rotatable bonds is 4. The number of halogens is 1. The maximum absolute atomic E-state index is 12.8. The first-order valence-electron chi connectivity index (χ1n) is 4.74. The van der Waals surface area contributed by atoms with Gasteiger partial charge < -0.3 is 5.11 Å². The van der Waals surface area contributed by atoms with Crippen molar-refractivity contribution in [2.24, 2.45) is 0 Å². The summed E-state index contributed by atoms with van der Waals surface area (Å²) in [5, 5.41) is 7.05. The predicted molar refractivity (Wildman–Crippen MR) is 60.8 cm³/mol. The van der Waals surface area contributed by atoms with Crippen LogP contribution in [0.4, 0.5) is 10.1 Å². The van der Waals surface area contributed by atoms with Gasteiger partial charge >= 0.3 is 5.97 Å². The monoisotopic (exact) mass is 261 g/mol. The number of hydrogen-bond acceptors (Lipinski definition) is 3. The lowest BCUT2D eigenvalue weighted by Gasteiger charge is -2.13. The Hall–Kier alpha value is -1.63. The lowest BCUT2D eigenvalue weighted by atomic mass is 10.2. The SMILES string of the molecule is Cc1cc(F)ccc1NS(=O)(=O)C(C)C(=O)O. The summed E-state index contributed by atoms with van der Waals surface area (Å²) in [5.41, 5.74) is 0.547. The second-order valence-corrected chi connectivity index (χ2v) is 5.59. The van der Waals surface area contributed by atoms with Gasteiger partial charge in [-0.1, -0.05) is 0 Å². The molecule has 7 heteroatoms. The number of aliphatic carboxylic acids is 1. The van der Waals surface area contributed by atoms with Gasteiger partial charge in [0.2, 0.25) is 10.0 Å². The number of sulfonamides is 1. The molecule has 0 aliphatic rings. The highest BCUT2D eigenvalue weighted by Gasteiger charge is 2.27. The Labute approximate surface area is 98.3 Å². The predicted octanol–water partition coefficient (Wildman–Crippen LogP) is 1.35. The number of benzene rings is 1. The fourth-order valence-corrected chi connectivity index (χ4v) is 2.09. The molecule has 1 atom stereocenters. The molecular weight excluding hydrogens is 249 g/mol. The number of carbonyl (C=O) groups is 1. The van der Waals surface area contributed by atoms with Crippen molar-refractivity contribution in [3.8, 4) is 0 Å². The van der Waals surface area contributed by atoms with E-state index in [0.717, 1.165) is 19.1 Å². The molecule has 0 radical (unpaired) electrons. The normalized spacial score (nSPS) is 13.1. The van der Waals surface area contributed by atoms with Gasteiger partial charge in [0.05, 0.1) is 5.69 Å². The smallest absolute Gasteiger partial charge is 0.323 e. The zero-order chi connectivity index (χ0) is 13.2. The molecule has 5 nitrogen and oxygen atoms in total. The van der Waals surface area contributed by atoms with Gasteiger partial charge in [0.1, 0.15) is 5.82 Å². The molecule has 0 spiro atoms. The Morgan fingerprint density at radius 2 is 2.06 bits per heavy atom. The zero-order valence-electron chi connectivity index (χ0n) is 9.27. The van der Waals surface area contributed by atoms with Crippen LogP contribution in [0.1, 0.15) is 12.5 Å². The van der Waals surface area contributed by atoms with E-state index in [1.165, 1.54) is 13.0 Å². The first kappa shape index (κ1) is 13.4. The fourth-order valence-electron chi connectivity index (χ4n) is 1.12. The van der Waals surface area contributed by atoms with E-state index in [2.05, 4.69) is 4.72 Å². The molecule has 0 aliphatic carbocycles. The van der Waals surface area contributed by atoms with Gasteiger partial charge in [-0.2, -0.15) is 0 Å². The van der Waals surface area contributed by atoms with Gasteiger partial charge in [0.15, 0.2) is 5.25 Å². The second kappa shape index (κ2) is 4.70. The van der Waals surface area contributed by atoms with E-state index in [9.17, 15) is 17.6 Å². The third kappa shape index (κ3) is 3.16. The summed E-state index contributed by atoms with van der Waals surface area (Å²) in [4.78, 5) is 10.6. The molecule has 1 aromatic rings. The van der Waals surface area contributed by atoms with E-state index in [-0.39, 0.29) is 5.69 Å². The van der Waals surface area contributed by atoms with Gasteiger partial charge in [-0.25, -0.2) is 12.8 Å². The van der Waals surface area contributed by atoms with Crippen molar-refractivity contribution in [3.63, 3.8) is 0 Å². The first-order valence-corrected chi connectivity index (χ1v) is 6.29. The number of nitrogens with one attached hydrogen (secondary N) is 1. The van der Waals surface area contributed by atoms with E-state index >= 15 is 0 Å². The Morgan fingerprint density at radius 1 is 1.47 bits per heavy atom. The van der Waals surface area contributed by atoms with Crippen LogP contribution in [-0.4, -0.2) is 24.7 Å². The van der Waals surface area contributed by atoms with E-state index in [1.54, 1.807) is 0 Å². The van der Waals surface area contributed by atoms with Crippen molar-refractivity contribution in [2.45, 2.75) is 19.1 Å². The molecule has 0 bridgehead atoms. The largest absolute Gasteiger partial charge is 0.480 e. The summed E-state index contributed by atoms with van der Waals surface area (Å²) in [6.45, 7) is 2.58. The number of carboxylic acids is 1. The van der Waals surface area contributed by atoms with Crippen LogP contribution in [0.15, 0.2) is 18.2 Å². The Kier molecular flexibility index (Phi) is 3.72. The number of anilines is 1. The molecule has 94 valence electrons. The molecular formula is C10H12FNO4S. The molecule has 0 saturated heterocycles. The molecule has 17 heavy (non-hydrogen) atoms. The summed E-state index contributed by atoms with van der Waals surface area (Å²) in [5.74, 6) is -1.94. The molecule has 1 rings (SSSR count). The van der Waals surface area contributed by atoms with Crippen LogP contribution >= 0.6 is 0 Å². The molecule has 1 unspecified atom stereocenters. The van der Waals surface area contributed by atoms with E-state index in [0.29, 0.717) is 5.56 Å². The van der Waals surface area contributed by atoms with Crippen LogP contribution in [-0.2, 0) is 14.8 Å². The van der Waals surface area contributed by atoms with Crippen molar-refractivity contribution in [1.82, 2.24) is 0 Å². The summed E-state index contributed by atoms with van der Waals surface area (Å²) in [6.07, 6.45) is 0. The van der Waals surface area contributed by atoms with Crippen molar-refractivity contribution >= 4 is 21.7 Å². The Morgan fingerprint density at radius 3 is 2.53 bits per heavy atom. The topological polar surface area (TPSA) is 83.5 Å². The van der Waals surface area contributed by atoms with E-state index in [1.807, 2.05) is 0 Å². The molecule has 0 amide bonds. The number of hydrogen-bond donors (Lipinski definition) is 2. The van der Waals surface area contributed by atoms with E-state index in [4.69, 9.17) is 5.11 Å². The molecule has 0 fully saturated rings. The van der Waals surface area contributed by atoms with Crippen LogP contribution in [0.3, 0.4) is 0 Å². The standard InChI is InChI=1S/C10H12FNO4S/c1-6-5-8(11)3-4-9(6)12-17(15,16)7(2)10(13)14/h3-5,7,12H,1-2H3,(H,13,14). The second-order valence-electron chi connectivity index (χ2n) is 3.59. The minimum Gasteiger partial charge on any atom is -0.480 e. The molecule has 1 aromatic carbocycles. The van der Waals surface area contributed by atoms with Crippen LogP contribution in [0.2, 0.25) is 0 Å². The van der Waals surface area contributed by atoms with Gasteiger partial charge in [-0.3, -0.25) is 9.52 Å². The fraction of sp³-hybridized carbons (Fsp3) is 0.300. The number of carboxylic acid groups (broad SMARTS) is 1. The quantitative estimate of drug-likeness (QED) is 0.857. The average molecular weight is 261 g/mol. The van der Waals surface area contributed by atoms with Gasteiger partial charge in [0, 0.05) is 0 Å². The maximum atomic E-state index is 12.8. The summed E-state index contributed by atoms with van der Waals surface area (Å²) < 4.78 is 38.1. The van der Waals surface area contributed by atoms with Crippen LogP contribution in [0, 0.1) is 12.7 Å². The molecule has 0 aromatic heterocycles. The van der Waals surface area contributed by atoms with Gasteiger partial charge in [-0.05, 0) is 37.6 Å². The summed E-state index contributed by atoms with van der Waals surface area (Å²) in [6, 6.07) is 3.50. The third-order valence-electron chi connectivity index (χ3n) is 2.25. The lowest BCUT2D eigenvalue weighted by molar-refractivity contribution is -0.136. The third-order valence-corrected chi connectivity index (χ3v) is 3.89. The minimum absolute atomic E-state index is 0.166. The maximum Gasteiger partial charge on any atom is 0.323 e. The number of aryl methyl sites for hydroxylation is 1. The molecule has 2 N–H and O–H groups in total. The molecule has 0 heterocycles. The van der Waals surface area contributed by atoms with Crippen molar-refractivity contribution in [2.75, 3.05) is 4.72 Å². The summed E-state index contributed by atoms with van der Waals surface area (Å²) in [7, 11) is -4.02. The summed E-state index contributed by atoms with van der Waals surface area (Å²) >= 11 is 0. The molecule has 0 aliphatic heterocycles. The lowest BCUT2D eigenvalue weighted by Crippen LogP contribution is -2.32.